The molecule has 1 aromatic rings. The normalized spacial score (nSPS) is 18.7. The quantitative estimate of drug-likeness (QED) is 0.510. The summed E-state index contributed by atoms with van der Waals surface area (Å²) >= 11 is 0. The number of ketones is 1. The molecule has 1 atom stereocenters. The fourth-order valence-corrected chi connectivity index (χ4v) is 5.71. The van der Waals surface area contributed by atoms with Gasteiger partial charge in [-0.1, -0.05) is 32.9 Å². The highest BCUT2D eigenvalue weighted by molar-refractivity contribution is 7.94. The molecule has 2 heterocycles. The molecule has 1 aromatic heterocycles. The van der Waals surface area contributed by atoms with Crippen molar-refractivity contribution in [1.29, 1.82) is 0 Å². The highest BCUT2D eigenvalue weighted by Gasteiger charge is 2.45. The van der Waals surface area contributed by atoms with Gasteiger partial charge in [0.05, 0.1) is 24.0 Å². The Balaban J connectivity index is 2.05. The van der Waals surface area contributed by atoms with Crippen molar-refractivity contribution in [2.75, 3.05) is 13.2 Å². The third kappa shape index (κ3) is 5.51. The number of hydrogen-bond acceptors (Lipinski definition) is 7. The molecule has 1 unspecified atom stereocenters. The van der Waals surface area contributed by atoms with Crippen LogP contribution < -0.4 is 0 Å². The van der Waals surface area contributed by atoms with Crippen LogP contribution in [-0.4, -0.2) is 48.9 Å². The zero-order valence-electron chi connectivity index (χ0n) is 19.2. The molecule has 1 aliphatic heterocycles. The fourth-order valence-electron chi connectivity index (χ4n) is 3.61. The summed E-state index contributed by atoms with van der Waals surface area (Å²) in [5.74, 6) is -0.0217. The molecule has 7 nitrogen and oxygen atoms in total. The van der Waals surface area contributed by atoms with Crippen molar-refractivity contribution in [2.24, 2.45) is 0 Å². The van der Waals surface area contributed by atoms with Gasteiger partial charge in [0.1, 0.15) is 10.5 Å². The maximum absolute atomic E-state index is 13.0. The summed E-state index contributed by atoms with van der Waals surface area (Å²) in [6.07, 6.45) is 3.71. The van der Waals surface area contributed by atoms with Gasteiger partial charge in [0, 0.05) is 18.1 Å². The van der Waals surface area contributed by atoms with Crippen LogP contribution in [0.4, 0.5) is 0 Å². The fraction of sp³-hybridized carbons (Fsp3) is 0.818. The molecule has 0 aromatic carbocycles. The van der Waals surface area contributed by atoms with Gasteiger partial charge in [-0.3, -0.25) is 4.79 Å². The first-order chi connectivity index (χ1) is 14.0. The highest BCUT2D eigenvalue weighted by atomic mass is 32.2. The number of rotatable bonds is 11. The lowest BCUT2D eigenvalue weighted by Gasteiger charge is -2.28. The summed E-state index contributed by atoms with van der Waals surface area (Å²) in [6, 6.07) is 1.73. The van der Waals surface area contributed by atoms with Gasteiger partial charge in [-0.2, -0.15) is 0 Å². The molecule has 1 fully saturated rings. The first kappa shape index (κ1) is 25.0. The SMILES string of the molecule is CCC(CC)S(=O)(=O)C(C)(C)C(=O)Cc1cc(C(C)(C)COC2CCCCO2)no1. The van der Waals surface area contributed by atoms with Crippen LogP contribution in [0, 0.1) is 0 Å². The molecule has 8 heteroatoms. The molecule has 0 amide bonds. The Hall–Kier alpha value is -1.25. The summed E-state index contributed by atoms with van der Waals surface area (Å²) < 4.78 is 41.3. The van der Waals surface area contributed by atoms with Gasteiger partial charge in [-0.25, -0.2) is 8.42 Å². The lowest BCUT2D eigenvalue weighted by atomic mass is 9.90. The molecule has 0 bridgehead atoms. The van der Waals surface area contributed by atoms with E-state index in [0.29, 0.717) is 30.9 Å². The van der Waals surface area contributed by atoms with Crippen molar-refractivity contribution in [3.63, 3.8) is 0 Å². The van der Waals surface area contributed by atoms with E-state index < -0.39 is 25.2 Å². The zero-order chi connectivity index (χ0) is 22.6. The van der Waals surface area contributed by atoms with Crippen molar-refractivity contribution in [1.82, 2.24) is 5.16 Å². The Morgan fingerprint density at radius 3 is 2.47 bits per heavy atom. The first-order valence-corrected chi connectivity index (χ1v) is 12.5. The highest BCUT2D eigenvalue weighted by Crippen LogP contribution is 2.29. The third-order valence-corrected chi connectivity index (χ3v) is 9.28. The van der Waals surface area contributed by atoms with Gasteiger partial charge in [-0.15, -0.1) is 0 Å². The van der Waals surface area contributed by atoms with Crippen LogP contribution in [0.25, 0.3) is 0 Å². The number of sulfone groups is 1. The Bertz CT molecular complexity index is 801. The van der Waals surface area contributed by atoms with Crippen LogP contribution in [0.1, 0.15) is 85.1 Å². The number of nitrogens with zero attached hydrogens (tertiary/aromatic N) is 1. The maximum Gasteiger partial charge on any atom is 0.165 e. The second-order valence-corrected chi connectivity index (χ2v) is 12.0. The standard InChI is InChI=1S/C22H37NO6S/c1-7-17(8-2)30(25,26)22(5,6)19(24)14-16-13-18(23-29-16)21(3,4)15-28-20-11-9-10-12-27-20/h13,17,20H,7-12,14-15H2,1-6H3. The van der Waals surface area contributed by atoms with Crippen molar-refractivity contribution >= 4 is 15.6 Å². The van der Waals surface area contributed by atoms with Gasteiger partial charge in [0.25, 0.3) is 0 Å². The topological polar surface area (TPSA) is 95.7 Å². The van der Waals surface area contributed by atoms with Crippen LogP contribution in [0.2, 0.25) is 0 Å². The van der Waals surface area contributed by atoms with Gasteiger partial charge < -0.3 is 14.0 Å². The van der Waals surface area contributed by atoms with E-state index in [0.717, 1.165) is 25.9 Å². The number of ether oxygens (including phenoxy) is 2. The van der Waals surface area contributed by atoms with Crippen LogP contribution in [0.3, 0.4) is 0 Å². The molecule has 30 heavy (non-hydrogen) atoms. The van der Waals surface area contributed by atoms with Crippen LogP contribution >= 0.6 is 0 Å². The van der Waals surface area contributed by atoms with Gasteiger partial charge >= 0.3 is 0 Å². The minimum Gasteiger partial charge on any atom is -0.361 e. The molecular weight excluding hydrogens is 406 g/mol. The summed E-state index contributed by atoms with van der Waals surface area (Å²) in [5, 5.41) is 3.59. The molecular formula is C22H37NO6S. The maximum atomic E-state index is 13.0. The number of Topliss-reactive ketones (excluding diaryl/α,β-unsaturated/α-hetero) is 1. The van der Waals surface area contributed by atoms with E-state index in [4.69, 9.17) is 14.0 Å². The van der Waals surface area contributed by atoms with Crippen LogP contribution in [-0.2, 0) is 35.9 Å². The molecule has 172 valence electrons. The number of carbonyl (C=O) groups excluding carboxylic acids is 1. The summed E-state index contributed by atoms with van der Waals surface area (Å²) in [4.78, 5) is 12.9. The Kier molecular flexibility index (Phi) is 8.27. The molecule has 1 aliphatic rings. The van der Waals surface area contributed by atoms with E-state index in [1.165, 1.54) is 13.8 Å². The van der Waals surface area contributed by atoms with Gasteiger partial charge in [0.2, 0.25) is 0 Å². The van der Waals surface area contributed by atoms with E-state index in [-0.39, 0.29) is 18.5 Å². The minimum atomic E-state index is -3.61. The molecule has 0 spiro atoms. The van der Waals surface area contributed by atoms with E-state index in [1.54, 1.807) is 6.07 Å². The van der Waals surface area contributed by atoms with E-state index >= 15 is 0 Å². The smallest absolute Gasteiger partial charge is 0.165 e. The van der Waals surface area contributed by atoms with Crippen LogP contribution in [0.5, 0.6) is 0 Å². The van der Waals surface area contributed by atoms with Crippen molar-refractivity contribution in [2.45, 2.75) is 102 Å². The minimum absolute atomic E-state index is 0.109. The molecule has 0 saturated carbocycles. The largest absolute Gasteiger partial charge is 0.361 e. The Labute approximate surface area is 180 Å². The third-order valence-electron chi connectivity index (χ3n) is 6.09. The molecule has 0 radical (unpaired) electrons. The molecule has 1 saturated heterocycles. The lowest BCUT2D eigenvalue weighted by molar-refractivity contribution is -0.170. The second kappa shape index (κ2) is 9.92. The molecule has 0 aliphatic carbocycles. The average Bonchev–Trinajstić information content (AvgIpc) is 3.17. The number of carbonyl (C=O) groups is 1. The van der Waals surface area contributed by atoms with E-state index in [9.17, 15) is 13.2 Å². The predicted molar refractivity (Wildman–Crippen MR) is 115 cm³/mol. The predicted octanol–water partition coefficient (Wildman–Crippen LogP) is 3.99. The zero-order valence-corrected chi connectivity index (χ0v) is 20.0. The monoisotopic (exact) mass is 443 g/mol. The van der Waals surface area contributed by atoms with E-state index in [1.807, 2.05) is 27.7 Å². The second-order valence-electron chi connectivity index (χ2n) is 9.26. The average molecular weight is 444 g/mol. The summed E-state index contributed by atoms with van der Waals surface area (Å²) in [7, 11) is -3.61. The van der Waals surface area contributed by atoms with Gasteiger partial charge in [0.15, 0.2) is 21.9 Å². The summed E-state index contributed by atoms with van der Waals surface area (Å²) in [6.45, 7) is 11.7. The lowest BCUT2D eigenvalue weighted by Crippen LogP contribution is -2.46. The number of hydrogen-bond donors (Lipinski definition) is 0. The Morgan fingerprint density at radius 1 is 1.23 bits per heavy atom. The number of aromatic nitrogens is 1. The Morgan fingerprint density at radius 2 is 1.90 bits per heavy atom. The van der Waals surface area contributed by atoms with Crippen molar-refractivity contribution < 1.29 is 27.2 Å². The van der Waals surface area contributed by atoms with Crippen molar-refractivity contribution in [3.8, 4) is 0 Å². The first-order valence-electron chi connectivity index (χ1n) is 10.9. The summed E-state index contributed by atoms with van der Waals surface area (Å²) in [5.41, 5.74) is 0.240. The van der Waals surface area contributed by atoms with E-state index in [2.05, 4.69) is 5.16 Å². The van der Waals surface area contributed by atoms with Gasteiger partial charge in [-0.05, 0) is 46.0 Å². The van der Waals surface area contributed by atoms with Crippen molar-refractivity contribution in [3.05, 3.63) is 17.5 Å². The van der Waals surface area contributed by atoms with Crippen LogP contribution in [0.15, 0.2) is 10.6 Å². The molecule has 2 rings (SSSR count). The molecule has 0 N–H and O–H groups in total.